The molecule has 0 saturated carbocycles. The zero-order valence-electron chi connectivity index (χ0n) is 10.1. The second kappa shape index (κ2) is 5.52. The molecule has 0 aliphatic carbocycles. The molecule has 6 heteroatoms. The molecule has 19 heavy (non-hydrogen) atoms. The fraction of sp³-hybridized carbons (Fsp3) is 0.231. The molecule has 2 rings (SSSR count). The maximum atomic E-state index is 13.3. The Bertz CT molecular complexity index is 644. The van der Waals surface area contributed by atoms with Crippen molar-refractivity contribution in [1.29, 1.82) is 0 Å². The van der Waals surface area contributed by atoms with Crippen LogP contribution < -0.4 is 0 Å². The Hall–Kier alpha value is -1.69. The molecule has 100 valence electrons. The first-order chi connectivity index (χ1) is 9.04. The van der Waals surface area contributed by atoms with E-state index in [0.717, 1.165) is 18.6 Å². The fourth-order valence-electron chi connectivity index (χ4n) is 1.87. The third-order valence-corrected chi connectivity index (χ3v) is 3.07. The standard InChI is InChI=1S/C13H11F3N2S/c1-2-3-8-12(17-6-18-13(8)19)7-4-9(14)11(16)10(15)5-7/h4-6H,2-3H2,1H3,(H,17,18,19). The number of nitrogens with one attached hydrogen (secondary N) is 1. The first-order valence-electron chi connectivity index (χ1n) is 5.76. The molecular formula is C13H11F3N2S. The molecule has 2 aromatic rings. The first-order valence-corrected chi connectivity index (χ1v) is 6.17. The number of aromatic amines is 1. The average Bonchev–Trinajstić information content (AvgIpc) is 2.38. The van der Waals surface area contributed by atoms with Gasteiger partial charge in [-0.1, -0.05) is 25.6 Å². The molecule has 0 bridgehead atoms. The Balaban J connectivity index is 2.65. The van der Waals surface area contributed by atoms with Gasteiger partial charge in [0.05, 0.1) is 12.0 Å². The summed E-state index contributed by atoms with van der Waals surface area (Å²) in [5, 5.41) is 0. The van der Waals surface area contributed by atoms with Crippen LogP contribution in [0.1, 0.15) is 18.9 Å². The molecule has 1 aromatic heterocycles. The minimum atomic E-state index is -1.48. The van der Waals surface area contributed by atoms with E-state index in [1.165, 1.54) is 6.33 Å². The second-order valence-corrected chi connectivity index (χ2v) is 4.45. The highest BCUT2D eigenvalue weighted by molar-refractivity contribution is 7.71. The predicted molar refractivity (Wildman–Crippen MR) is 68.7 cm³/mol. The van der Waals surface area contributed by atoms with Gasteiger partial charge in [0.1, 0.15) is 4.64 Å². The summed E-state index contributed by atoms with van der Waals surface area (Å²) in [7, 11) is 0. The van der Waals surface area contributed by atoms with E-state index in [2.05, 4.69) is 9.97 Å². The largest absolute Gasteiger partial charge is 0.346 e. The topological polar surface area (TPSA) is 28.7 Å². The number of benzene rings is 1. The van der Waals surface area contributed by atoms with Crippen molar-refractivity contribution in [2.24, 2.45) is 0 Å². The number of rotatable bonds is 3. The lowest BCUT2D eigenvalue weighted by Crippen LogP contribution is -1.99. The normalized spacial score (nSPS) is 10.7. The Morgan fingerprint density at radius 1 is 1.21 bits per heavy atom. The zero-order chi connectivity index (χ0) is 14.0. The highest BCUT2D eigenvalue weighted by Gasteiger charge is 2.14. The van der Waals surface area contributed by atoms with Gasteiger partial charge in [-0.3, -0.25) is 0 Å². The van der Waals surface area contributed by atoms with Gasteiger partial charge in [0.2, 0.25) is 0 Å². The summed E-state index contributed by atoms with van der Waals surface area (Å²) in [6, 6.07) is 1.89. The molecule has 0 amide bonds. The third kappa shape index (κ3) is 2.68. The van der Waals surface area contributed by atoms with Gasteiger partial charge >= 0.3 is 0 Å². The summed E-state index contributed by atoms with van der Waals surface area (Å²) in [4.78, 5) is 6.76. The number of hydrogen-bond acceptors (Lipinski definition) is 2. The molecule has 0 aliphatic rings. The van der Waals surface area contributed by atoms with Gasteiger partial charge in [0.15, 0.2) is 17.5 Å². The lowest BCUT2D eigenvalue weighted by atomic mass is 10.0. The zero-order valence-corrected chi connectivity index (χ0v) is 11.0. The number of halogens is 3. The van der Waals surface area contributed by atoms with Gasteiger partial charge in [0.25, 0.3) is 0 Å². The number of aromatic nitrogens is 2. The molecule has 1 N–H and O–H groups in total. The van der Waals surface area contributed by atoms with Crippen molar-refractivity contribution in [2.45, 2.75) is 19.8 Å². The molecule has 0 fully saturated rings. The van der Waals surface area contributed by atoms with E-state index < -0.39 is 17.5 Å². The molecule has 1 aromatic carbocycles. The van der Waals surface area contributed by atoms with Crippen LogP contribution in [0.15, 0.2) is 18.5 Å². The van der Waals surface area contributed by atoms with E-state index in [-0.39, 0.29) is 5.56 Å². The molecular weight excluding hydrogens is 273 g/mol. The summed E-state index contributed by atoms with van der Waals surface area (Å²) in [6.45, 7) is 1.96. The van der Waals surface area contributed by atoms with E-state index >= 15 is 0 Å². The average molecular weight is 284 g/mol. The van der Waals surface area contributed by atoms with Crippen molar-refractivity contribution < 1.29 is 13.2 Å². The monoisotopic (exact) mass is 284 g/mol. The summed E-state index contributed by atoms with van der Waals surface area (Å²) >= 11 is 5.10. The quantitative estimate of drug-likeness (QED) is 0.676. The van der Waals surface area contributed by atoms with Gasteiger partial charge in [-0.15, -0.1) is 0 Å². The van der Waals surface area contributed by atoms with Crippen LogP contribution in [-0.2, 0) is 6.42 Å². The first kappa shape index (κ1) is 13.7. The van der Waals surface area contributed by atoms with Crippen LogP contribution in [0.25, 0.3) is 11.3 Å². The number of nitrogens with zero attached hydrogens (tertiary/aromatic N) is 1. The molecule has 0 aliphatic heterocycles. The van der Waals surface area contributed by atoms with Crippen LogP contribution in [0.2, 0.25) is 0 Å². The van der Waals surface area contributed by atoms with Gasteiger partial charge < -0.3 is 4.98 Å². The molecule has 0 saturated heterocycles. The third-order valence-electron chi connectivity index (χ3n) is 2.72. The van der Waals surface area contributed by atoms with Crippen molar-refractivity contribution in [3.05, 3.63) is 46.1 Å². The van der Waals surface area contributed by atoms with Crippen LogP contribution in [0.3, 0.4) is 0 Å². The van der Waals surface area contributed by atoms with Gasteiger partial charge in [0, 0.05) is 11.1 Å². The lowest BCUT2D eigenvalue weighted by molar-refractivity contribution is 0.447. The van der Waals surface area contributed by atoms with Crippen LogP contribution in [0.4, 0.5) is 13.2 Å². The van der Waals surface area contributed by atoms with Crippen molar-refractivity contribution in [2.75, 3.05) is 0 Å². The van der Waals surface area contributed by atoms with Gasteiger partial charge in [-0.05, 0) is 18.6 Å². The van der Waals surface area contributed by atoms with Gasteiger partial charge in [-0.25, -0.2) is 18.2 Å². The second-order valence-electron chi connectivity index (χ2n) is 4.07. The van der Waals surface area contributed by atoms with Crippen LogP contribution in [-0.4, -0.2) is 9.97 Å². The van der Waals surface area contributed by atoms with Gasteiger partial charge in [-0.2, -0.15) is 0 Å². The molecule has 0 unspecified atom stereocenters. The number of H-pyrrole nitrogens is 1. The number of hydrogen-bond donors (Lipinski definition) is 1. The fourth-order valence-corrected chi connectivity index (χ4v) is 2.12. The van der Waals surface area contributed by atoms with E-state index in [1.807, 2.05) is 6.92 Å². The van der Waals surface area contributed by atoms with E-state index in [4.69, 9.17) is 12.2 Å². The predicted octanol–water partition coefficient (Wildman–Crippen LogP) is 4.18. The molecule has 2 nitrogen and oxygen atoms in total. The Labute approximate surface area is 113 Å². The molecule has 0 radical (unpaired) electrons. The smallest absolute Gasteiger partial charge is 0.194 e. The van der Waals surface area contributed by atoms with Crippen LogP contribution in [0.5, 0.6) is 0 Å². The highest BCUT2D eigenvalue weighted by Crippen LogP contribution is 2.25. The summed E-state index contributed by atoms with van der Waals surface area (Å²) in [6.07, 6.45) is 2.79. The van der Waals surface area contributed by atoms with Crippen molar-refractivity contribution in [1.82, 2.24) is 9.97 Å². The van der Waals surface area contributed by atoms with E-state index in [0.29, 0.717) is 22.3 Å². The summed E-state index contributed by atoms with van der Waals surface area (Å²) in [5.41, 5.74) is 1.39. The summed E-state index contributed by atoms with van der Waals surface area (Å²) < 4.78 is 39.9. The maximum absolute atomic E-state index is 13.3. The molecule has 1 heterocycles. The Morgan fingerprint density at radius 3 is 2.42 bits per heavy atom. The molecule has 0 atom stereocenters. The minimum absolute atomic E-state index is 0.216. The van der Waals surface area contributed by atoms with Crippen molar-refractivity contribution >= 4 is 12.2 Å². The Kier molecular flexibility index (Phi) is 3.99. The van der Waals surface area contributed by atoms with Crippen molar-refractivity contribution in [3.8, 4) is 11.3 Å². The van der Waals surface area contributed by atoms with E-state index in [9.17, 15) is 13.2 Å². The minimum Gasteiger partial charge on any atom is -0.346 e. The Morgan fingerprint density at radius 2 is 1.84 bits per heavy atom. The van der Waals surface area contributed by atoms with Crippen LogP contribution in [0, 0.1) is 22.1 Å². The van der Waals surface area contributed by atoms with E-state index in [1.54, 1.807) is 0 Å². The molecule has 0 spiro atoms. The highest BCUT2D eigenvalue weighted by atomic mass is 32.1. The summed E-state index contributed by atoms with van der Waals surface area (Å²) in [5.74, 6) is -3.93. The SMILES string of the molecule is CCCc1c(-c2cc(F)c(F)c(F)c2)[nH]cnc1=S. The van der Waals surface area contributed by atoms with Crippen LogP contribution >= 0.6 is 12.2 Å². The van der Waals surface area contributed by atoms with Crippen molar-refractivity contribution in [3.63, 3.8) is 0 Å². The lowest BCUT2D eigenvalue weighted by Gasteiger charge is -2.09. The maximum Gasteiger partial charge on any atom is 0.194 e.